The molecular formula is C15H19N3O4. The predicted octanol–water partition coefficient (Wildman–Crippen LogP) is 1.90. The van der Waals surface area contributed by atoms with Crippen LogP contribution in [-0.2, 0) is 11.3 Å². The summed E-state index contributed by atoms with van der Waals surface area (Å²) in [7, 11) is 1.59. The molecule has 0 unspecified atom stereocenters. The van der Waals surface area contributed by atoms with Gasteiger partial charge in [-0.3, -0.25) is 9.32 Å². The Morgan fingerprint density at radius 2 is 2.14 bits per heavy atom. The van der Waals surface area contributed by atoms with Gasteiger partial charge in [0.2, 0.25) is 0 Å². The number of rotatable bonds is 7. The summed E-state index contributed by atoms with van der Waals surface area (Å²) < 4.78 is 15.3. The van der Waals surface area contributed by atoms with Crippen molar-refractivity contribution < 1.29 is 18.8 Å². The molecule has 2 aromatic rings. The van der Waals surface area contributed by atoms with Gasteiger partial charge < -0.3 is 14.8 Å². The fraction of sp³-hybridized carbons (Fsp3) is 0.400. The monoisotopic (exact) mass is 305 g/mol. The molecule has 0 radical (unpaired) electrons. The highest BCUT2D eigenvalue weighted by Gasteiger charge is 2.12. The lowest BCUT2D eigenvalue weighted by Gasteiger charge is -2.09. The Morgan fingerprint density at radius 1 is 1.36 bits per heavy atom. The molecule has 0 spiro atoms. The number of carbonyl (C=O) groups excluding carboxylic acids is 1. The Kier molecular flexibility index (Phi) is 5.35. The molecule has 0 saturated heterocycles. The van der Waals surface area contributed by atoms with Gasteiger partial charge in [-0.2, -0.15) is 4.98 Å². The van der Waals surface area contributed by atoms with Crippen LogP contribution in [0.5, 0.6) is 11.8 Å². The molecule has 1 aromatic carbocycles. The second-order valence-corrected chi connectivity index (χ2v) is 4.95. The first kappa shape index (κ1) is 15.8. The number of para-hydroxylation sites is 1. The first-order chi connectivity index (χ1) is 10.6. The topological polar surface area (TPSA) is 86.5 Å². The van der Waals surface area contributed by atoms with Crippen molar-refractivity contribution in [3.8, 4) is 11.8 Å². The van der Waals surface area contributed by atoms with Crippen molar-refractivity contribution in [2.75, 3.05) is 13.7 Å². The summed E-state index contributed by atoms with van der Waals surface area (Å²) in [6.45, 7) is 4.05. The third-order valence-corrected chi connectivity index (χ3v) is 2.93. The van der Waals surface area contributed by atoms with Crippen LogP contribution in [0.4, 0.5) is 0 Å². The van der Waals surface area contributed by atoms with Crippen molar-refractivity contribution in [2.24, 2.45) is 0 Å². The summed E-state index contributed by atoms with van der Waals surface area (Å²) in [4.78, 5) is 15.8. The summed E-state index contributed by atoms with van der Waals surface area (Å²) in [5.41, 5.74) is 0.887. The molecule has 2 rings (SSSR count). The highest BCUT2D eigenvalue weighted by Crippen LogP contribution is 2.17. The van der Waals surface area contributed by atoms with E-state index in [1.807, 2.05) is 38.1 Å². The van der Waals surface area contributed by atoms with Crippen molar-refractivity contribution >= 4 is 5.91 Å². The minimum Gasteiger partial charge on any atom is -0.496 e. The van der Waals surface area contributed by atoms with Crippen LogP contribution < -0.4 is 14.8 Å². The van der Waals surface area contributed by atoms with Crippen molar-refractivity contribution in [2.45, 2.75) is 26.3 Å². The van der Waals surface area contributed by atoms with E-state index >= 15 is 0 Å². The molecule has 22 heavy (non-hydrogen) atoms. The minimum atomic E-state index is -0.282. The van der Waals surface area contributed by atoms with Gasteiger partial charge in [-0.25, -0.2) is 0 Å². The van der Waals surface area contributed by atoms with Crippen molar-refractivity contribution in [1.82, 2.24) is 15.5 Å². The number of ether oxygens (including phenoxy) is 2. The van der Waals surface area contributed by atoms with Gasteiger partial charge in [0.15, 0.2) is 12.4 Å². The summed E-state index contributed by atoms with van der Waals surface area (Å²) >= 11 is 0. The maximum absolute atomic E-state index is 11.8. The van der Waals surface area contributed by atoms with Crippen LogP contribution in [0.15, 0.2) is 28.8 Å². The van der Waals surface area contributed by atoms with Crippen molar-refractivity contribution in [3.63, 3.8) is 0 Å². The fourth-order valence-electron chi connectivity index (χ4n) is 1.73. The van der Waals surface area contributed by atoms with E-state index in [-0.39, 0.29) is 24.5 Å². The Balaban J connectivity index is 1.80. The molecule has 0 atom stereocenters. The third kappa shape index (κ3) is 4.21. The van der Waals surface area contributed by atoms with Crippen LogP contribution in [0, 0.1) is 0 Å². The molecule has 1 heterocycles. The lowest BCUT2D eigenvalue weighted by atomic mass is 10.2. The van der Waals surface area contributed by atoms with Crippen molar-refractivity contribution in [3.05, 3.63) is 35.7 Å². The number of nitrogens with zero attached hydrogens (tertiary/aromatic N) is 2. The van der Waals surface area contributed by atoms with Crippen LogP contribution in [0.3, 0.4) is 0 Å². The van der Waals surface area contributed by atoms with Gasteiger partial charge in [0, 0.05) is 18.0 Å². The van der Waals surface area contributed by atoms with E-state index in [4.69, 9.17) is 14.0 Å². The van der Waals surface area contributed by atoms with Crippen LogP contribution in [-0.4, -0.2) is 29.8 Å². The number of amides is 1. The molecule has 0 aliphatic heterocycles. The van der Waals surface area contributed by atoms with Crippen LogP contribution in [0.25, 0.3) is 0 Å². The Hall–Kier alpha value is -2.57. The number of methoxy groups -OCH3 is 1. The molecule has 118 valence electrons. The fourth-order valence-corrected chi connectivity index (χ4v) is 1.73. The molecule has 1 amide bonds. The largest absolute Gasteiger partial charge is 0.496 e. The quantitative estimate of drug-likeness (QED) is 0.840. The summed E-state index contributed by atoms with van der Waals surface area (Å²) in [6.07, 6.45) is -0.00357. The van der Waals surface area contributed by atoms with Crippen LogP contribution in [0.2, 0.25) is 0 Å². The van der Waals surface area contributed by atoms with E-state index in [9.17, 15) is 4.79 Å². The van der Waals surface area contributed by atoms with Gasteiger partial charge in [-0.15, -0.1) is 0 Å². The average molecular weight is 305 g/mol. The van der Waals surface area contributed by atoms with Crippen molar-refractivity contribution in [1.29, 1.82) is 0 Å². The van der Waals surface area contributed by atoms with E-state index in [2.05, 4.69) is 15.5 Å². The molecule has 1 N–H and O–H groups in total. The average Bonchev–Trinajstić information content (AvgIpc) is 3.00. The zero-order valence-electron chi connectivity index (χ0n) is 12.8. The highest BCUT2D eigenvalue weighted by molar-refractivity contribution is 5.77. The molecule has 0 bridgehead atoms. The summed E-state index contributed by atoms with van der Waals surface area (Å²) in [5, 5.41) is 6.49. The molecule has 0 saturated carbocycles. The van der Waals surface area contributed by atoms with Gasteiger partial charge >= 0.3 is 6.08 Å². The molecular weight excluding hydrogens is 286 g/mol. The smallest absolute Gasteiger partial charge is 0.417 e. The highest BCUT2D eigenvalue weighted by atomic mass is 16.6. The molecule has 1 aromatic heterocycles. The Bertz CT molecular complexity index is 625. The standard InChI is InChI=1S/C15H19N3O4/c1-10(2)14-17-15(22-18-14)21-9-13(19)16-8-11-6-4-5-7-12(11)20-3/h4-7,10H,8-9H2,1-3H3,(H,16,19). The van der Waals surface area contributed by atoms with Gasteiger partial charge in [-0.05, 0) is 6.07 Å². The number of nitrogens with one attached hydrogen (secondary N) is 1. The molecule has 7 heteroatoms. The lowest BCUT2D eigenvalue weighted by Crippen LogP contribution is -2.28. The number of benzene rings is 1. The minimum absolute atomic E-state index is 0.00357. The Morgan fingerprint density at radius 3 is 2.82 bits per heavy atom. The predicted molar refractivity (Wildman–Crippen MR) is 78.7 cm³/mol. The van der Waals surface area contributed by atoms with Crippen LogP contribution in [0.1, 0.15) is 31.2 Å². The second kappa shape index (κ2) is 7.44. The molecule has 0 fully saturated rings. The number of carbonyl (C=O) groups is 1. The van der Waals surface area contributed by atoms with E-state index in [0.29, 0.717) is 12.4 Å². The summed E-state index contributed by atoms with van der Waals surface area (Å²) in [5.74, 6) is 1.13. The molecule has 0 aliphatic carbocycles. The zero-order chi connectivity index (χ0) is 15.9. The van der Waals surface area contributed by atoms with E-state index < -0.39 is 0 Å². The first-order valence-corrected chi connectivity index (χ1v) is 6.95. The zero-order valence-corrected chi connectivity index (χ0v) is 12.8. The van der Waals surface area contributed by atoms with Gasteiger partial charge in [0.1, 0.15) is 5.75 Å². The van der Waals surface area contributed by atoms with E-state index in [1.54, 1.807) is 7.11 Å². The van der Waals surface area contributed by atoms with E-state index in [0.717, 1.165) is 11.3 Å². The third-order valence-electron chi connectivity index (χ3n) is 2.93. The SMILES string of the molecule is COc1ccccc1CNC(=O)COc1nc(C(C)C)no1. The van der Waals surface area contributed by atoms with Gasteiger partial charge in [0.25, 0.3) is 5.91 Å². The van der Waals surface area contributed by atoms with Crippen LogP contribution >= 0.6 is 0 Å². The number of hydrogen-bond donors (Lipinski definition) is 1. The maximum Gasteiger partial charge on any atom is 0.417 e. The second-order valence-electron chi connectivity index (χ2n) is 4.95. The van der Waals surface area contributed by atoms with E-state index in [1.165, 1.54) is 0 Å². The normalized spacial score (nSPS) is 10.5. The first-order valence-electron chi connectivity index (χ1n) is 6.95. The number of aromatic nitrogens is 2. The number of hydrogen-bond acceptors (Lipinski definition) is 6. The van der Waals surface area contributed by atoms with Gasteiger partial charge in [-0.1, -0.05) is 37.2 Å². The Labute approximate surface area is 128 Å². The molecule has 0 aliphatic rings. The van der Waals surface area contributed by atoms with Gasteiger partial charge in [0.05, 0.1) is 7.11 Å². The lowest BCUT2D eigenvalue weighted by molar-refractivity contribution is -0.123. The summed E-state index contributed by atoms with van der Waals surface area (Å²) in [6, 6.07) is 7.47. The molecule has 7 nitrogen and oxygen atoms in total. The maximum atomic E-state index is 11.8.